The van der Waals surface area contributed by atoms with Crippen molar-refractivity contribution in [3.63, 3.8) is 0 Å². The average Bonchev–Trinajstić information content (AvgIpc) is 2.92. The molecule has 2 aromatic carbocycles. The van der Waals surface area contributed by atoms with E-state index in [1.165, 1.54) is 6.07 Å². The van der Waals surface area contributed by atoms with Crippen LogP contribution in [0.3, 0.4) is 0 Å². The molecule has 0 fully saturated rings. The molecule has 1 heterocycles. The third-order valence-electron chi connectivity index (χ3n) is 4.49. The number of amides is 3. The molecule has 0 spiro atoms. The molecule has 1 aliphatic rings. The van der Waals surface area contributed by atoms with Crippen LogP contribution >= 0.6 is 0 Å². The van der Waals surface area contributed by atoms with Gasteiger partial charge in [0, 0.05) is 23.9 Å². The van der Waals surface area contributed by atoms with Crippen molar-refractivity contribution >= 4 is 17.6 Å². The molecule has 1 atom stereocenters. The molecular weight excluding hydrogens is 378 g/mol. The molecule has 0 bridgehead atoms. The van der Waals surface area contributed by atoms with Crippen molar-refractivity contribution in [2.24, 2.45) is 0 Å². The minimum Gasteiger partial charge on any atom is -0.497 e. The van der Waals surface area contributed by atoms with E-state index in [9.17, 15) is 9.59 Å². The van der Waals surface area contributed by atoms with Crippen LogP contribution in [0.2, 0.25) is 0 Å². The van der Waals surface area contributed by atoms with Crippen molar-refractivity contribution in [2.75, 3.05) is 32.7 Å². The van der Waals surface area contributed by atoms with Crippen LogP contribution in [-0.4, -0.2) is 55.5 Å². The van der Waals surface area contributed by atoms with Crippen LogP contribution in [0.15, 0.2) is 42.5 Å². The number of rotatable bonds is 5. The van der Waals surface area contributed by atoms with E-state index < -0.39 is 12.0 Å². The topological polar surface area (TPSA) is 109 Å². The molecule has 1 unspecified atom stereocenters. The number of ether oxygens (including phenoxy) is 3. The summed E-state index contributed by atoms with van der Waals surface area (Å²) < 4.78 is 16.3. The van der Waals surface area contributed by atoms with E-state index in [0.717, 1.165) is 5.56 Å². The largest absolute Gasteiger partial charge is 0.497 e. The van der Waals surface area contributed by atoms with E-state index in [2.05, 4.69) is 5.32 Å². The Hall–Kier alpha value is -3.30. The maximum Gasteiger partial charge on any atom is 0.322 e. The normalized spacial score (nSPS) is 15.6. The predicted octanol–water partition coefficient (Wildman–Crippen LogP) is 2.26. The summed E-state index contributed by atoms with van der Waals surface area (Å²) in [6, 6.07) is 11.5. The molecule has 2 aromatic rings. The van der Waals surface area contributed by atoms with Gasteiger partial charge in [0.2, 0.25) is 0 Å². The number of hydroxylamine groups is 1. The molecule has 3 N–H and O–H groups in total. The molecule has 1 aliphatic heterocycles. The Morgan fingerprint density at radius 3 is 2.62 bits per heavy atom. The smallest absolute Gasteiger partial charge is 0.322 e. The van der Waals surface area contributed by atoms with Crippen LogP contribution in [0.1, 0.15) is 15.9 Å². The van der Waals surface area contributed by atoms with Crippen molar-refractivity contribution in [3.05, 3.63) is 53.6 Å². The van der Waals surface area contributed by atoms with Crippen molar-refractivity contribution in [1.82, 2.24) is 10.4 Å². The summed E-state index contributed by atoms with van der Waals surface area (Å²) in [7, 11) is 3.13. The van der Waals surface area contributed by atoms with Crippen LogP contribution < -0.4 is 20.3 Å². The van der Waals surface area contributed by atoms with Gasteiger partial charge in [-0.1, -0.05) is 6.07 Å². The number of hydrogen-bond donors (Lipinski definition) is 3. The van der Waals surface area contributed by atoms with Gasteiger partial charge >= 0.3 is 6.03 Å². The van der Waals surface area contributed by atoms with Crippen molar-refractivity contribution < 1.29 is 29.0 Å². The maximum atomic E-state index is 12.8. The van der Waals surface area contributed by atoms with Crippen molar-refractivity contribution in [1.29, 1.82) is 0 Å². The van der Waals surface area contributed by atoms with Gasteiger partial charge < -0.3 is 24.4 Å². The second-order valence-corrected chi connectivity index (χ2v) is 6.50. The standard InChI is InChI=1S/C20H23N3O6/c1-27-12-17-11-23(20(25)21-15-5-7-16(28-2)8-6-15)10-14-4-3-13(19(24)22-26)9-18(14)29-17/h3-9,17,26H,10-12H2,1-2H3,(H,21,25)(H,22,24). The first-order valence-corrected chi connectivity index (χ1v) is 8.97. The molecule has 3 amide bonds. The van der Waals surface area contributed by atoms with E-state index in [1.54, 1.807) is 61.0 Å². The summed E-state index contributed by atoms with van der Waals surface area (Å²) in [5, 5.41) is 11.7. The molecule has 0 saturated carbocycles. The van der Waals surface area contributed by atoms with Gasteiger partial charge in [0.15, 0.2) is 0 Å². The fourth-order valence-electron chi connectivity index (χ4n) is 3.04. The third kappa shape index (κ3) is 4.95. The van der Waals surface area contributed by atoms with Gasteiger partial charge in [0.25, 0.3) is 5.91 Å². The number of carbonyl (C=O) groups is 2. The summed E-state index contributed by atoms with van der Waals surface area (Å²) in [5.74, 6) is 0.522. The van der Waals surface area contributed by atoms with Crippen LogP contribution in [0.25, 0.3) is 0 Å². The first kappa shape index (κ1) is 20.4. The van der Waals surface area contributed by atoms with Gasteiger partial charge in [0.1, 0.15) is 17.6 Å². The zero-order valence-electron chi connectivity index (χ0n) is 16.2. The average molecular weight is 401 g/mol. The molecule has 154 valence electrons. The number of urea groups is 1. The van der Waals surface area contributed by atoms with E-state index in [0.29, 0.717) is 30.3 Å². The van der Waals surface area contributed by atoms with Gasteiger partial charge in [0.05, 0.1) is 26.8 Å². The predicted molar refractivity (Wildman–Crippen MR) is 104 cm³/mol. The summed E-state index contributed by atoms with van der Waals surface area (Å²) in [6.07, 6.45) is -0.421. The Balaban J connectivity index is 1.81. The third-order valence-corrected chi connectivity index (χ3v) is 4.49. The highest BCUT2D eigenvalue weighted by molar-refractivity contribution is 5.94. The Morgan fingerprint density at radius 2 is 1.97 bits per heavy atom. The van der Waals surface area contributed by atoms with Gasteiger partial charge in [-0.25, -0.2) is 10.3 Å². The quantitative estimate of drug-likeness (QED) is 0.524. The van der Waals surface area contributed by atoms with Gasteiger partial charge in [-0.3, -0.25) is 10.0 Å². The summed E-state index contributed by atoms with van der Waals surface area (Å²) in [5.41, 5.74) is 3.23. The molecule has 0 saturated heterocycles. The van der Waals surface area contributed by atoms with Crippen molar-refractivity contribution in [2.45, 2.75) is 12.6 Å². The van der Waals surface area contributed by atoms with E-state index in [1.807, 2.05) is 0 Å². The number of benzene rings is 2. The number of fused-ring (bicyclic) bond motifs is 1. The lowest BCUT2D eigenvalue weighted by molar-refractivity contribution is 0.0672. The molecular formula is C20H23N3O6. The number of carbonyl (C=O) groups excluding carboxylic acids is 2. The van der Waals surface area contributed by atoms with Crippen LogP contribution in [0.4, 0.5) is 10.5 Å². The number of nitrogens with zero attached hydrogens (tertiary/aromatic N) is 1. The molecule has 9 heteroatoms. The molecule has 9 nitrogen and oxygen atoms in total. The van der Waals surface area contributed by atoms with Gasteiger partial charge in [-0.05, 0) is 36.4 Å². The minimum absolute atomic E-state index is 0.249. The first-order chi connectivity index (χ1) is 14.0. The zero-order valence-corrected chi connectivity index (χ0v) is 16.2. The summed E-state index contributed by atoms with van der Waals surface area (Å²) >= 11 is 0. The SMILES string of the molecule is COCC1CN(C(=O)Nc2ccc(OC)cc2)Cc2ccc(C(=O)NO)cc2O1. The van der Waals surface area contributed by atoms with Crippen LogP contribution in [0.5, 0.6) is 11.5 Å². The minimum atomic E-state index is -0.641. The second-order valence-electron chi connectivity index (χ2n) is 6.50. The van der Waals surface area contributed by atoms with E-state index >= 15 is 0 Å². The molecule has 3 rings (SSSR count). The maximum absolute atomic E-state index is 12.8. The lowest BCUT2D eigenvalue weighted by Crippen LogP contribution is -2.41. The molecule has 0 aromatic heterocycles. The Morgan fingerprint density at radius 1 is 1.21 bits per heavy atom. The zero-order chi connectivity index (χ0) is 20.8. The molecule has 0 aliphatic carbocycles. The fourth-order valence-corrected chi connectivity index (χ4v) is 3.04. The number of nitrogens with one attached hydrogen (secondary N) is 2. The molecule has 29 heavy (non-hydrogen) atoms. The summed E-state index contributed by atoms with van der Waals surface area (Å²) in [6.45, 7) is 0.854. The molecule has 0 radical (unpaired) electrons. The van der Waals surface area contributed by atoms with E-state index in [4.69, 9.17) is 19.4 Å². The lowest BCUT2D eigenvalue weighted by Gasteiger charge is -2.24. The fraction of sp³-hybridized carbons (Fsp3) is 0.300. The van der Waals surface area contributed by atoms with Gasteiger partial charge in [-0.15, -0.1) is 0 Å². The highest BCUT2D eigenvalue weighted by Crippen LogP contribution is 2.27. The Bertz CT molecular complexity index is 871. The number of anilines is 1. The number of hydrogen-bond acceptors (Lipinski definition) is 6. The van der Waals surface area contributed by atoms with Crippen LogP contribution in [0, 0.1) is 0 Å². The van der Waals surface area contributed by atoms with Gasteiger partial charge in [-0.2, -0.15) is 0 Å². The highest BCUT2D eigenvalue weighted by atomic mass is 16.5. The lowest BCUT2D eigenvalue weighted by atomic mass is 10.1. The van der Waals surface area contributed by atoms with Crippen molar-refractivity contribution in [3.8, 4) is 11.5 Å². The highest BCUT2D eigenvalue weighted by Gasteiger charge is 2.27. The number of methoxy groups -OCH3 is 2. The first-order valence-electron chi connectivity index (χ1n) is 8.97. The second kappa shape index (κ2) is 9.26. The van der Waals surface area contributed by atoms with Crippen LogP contribution in [-0.2, 0) is 11.3 Å². The van der Waals surface area contributed by atoms with E-state index in [-0.39, 0.29) is 18.2 Å². The Kier molecular flexibility index (Phi) is 6.53. The Labute approximate surface area is 168 Å². The monoisotopic (exact) mass is 401 g/mol. The summed E-state index contributed by atoms with van der Waals surface area (Å²) in [4.78, 5) is 26.2.